The van der Waals surface area contributed by atoms with Gasteiger partial charge in [0.2, 0.25) is 11.8 Å². The Morgan fingerprint density at radius 2 is 1.77 bits per heavy atom. The first-order chi connectivity index (χ1) is 16.9. The van der Waals surface area contributed by atoms with Crippen LogP contribution in [0.5, 0.6) is 0 Å². The van der Waals surface area contributed by atoms with Gasteiger partial charge in [0.25, 0.3) is 5.91 Å². The lowest BCUT2D eigenvalue weighted by molar-refractivity contribution is -0.136. The van der Waals surface area contributed by atoms with E-state index in [4.69, 9.17) is 0 Å². The van der Waals surface area contributed by atoms with Crippen molar-refractivity contribution in [2.24, 2.45) is 0 Å². The highest BCUT2D eigenvalue weighted by atomic mass is 79.9. The summed E-state index contributed by atoms with van der Waals surface area (Å²) in [5.41, 5.74) is 3.59. The van der Waals surface area contributed by atoms with Crippen LogP contribution in [0.1, 0.15) is 71.2 Å². The molecule has 2 saturated heterocycles. The predicted octanol–water partition coefficient (Wildman–Crippen LogP) is 3.51. The summed E-state index contributed by atoms with van der Waals surface area (Å²) < 4.78 is 1.10. The van der Waals surface area contributed by atoms with E-state index >= 15 is 0 Å². The number of hydrogen-bond acceptors (Lipinski definition) is 5. The van der Waals surface area contributed by atoms with Crippen LogP contribution < -0.4 is 5.32 Å². The zero-order valence-electron chi connectivity index (χ0n) is 19.6. The minimum atomic E-state index is -0.624. The van der Waals surface area contributed by atoms with E-state index in [0.717, 1.165) is 48.1 Å². The summed E-state index contributed by atoms with van der Waals surface area (Å²) in [4.78, 5) is 40.5. The smallest absolute Gasteiger partial charge is 0.255 e. The fourth-order valence-corrected chi connectivity index (χ4v) is 5.76. The summed E-state index contributed by atoms with van der Waals surface area (Å²) in [6.07, 6.45) is 2.85. The van der Waals surface area contributed by atoms with Crippen LogP contribution in [-0.2, 0) is 16.1 Å². The maximum atomic E-state index is 12.9. The molecular formula is C27H30BrN3O4. The molecule has 0 radical (unpaired) electrons. The van der Waals surface area contributed by atoms with Crippen molar-refractivity contribution in [2.45, 2.75) is 56.7 Å². The largest absolute Gasteiger partial charge is 0.388 e. The summed E-state index contributed by atoms with van der Waals surface area (Å²) in [7, 11) is 0. The van der Waals surface area contributed by atoms with Gasteiger partial charge in [-0.25, -0.2) is 0 Å². The van der Waals surface area contributed by atoms with E-state index in [1.54, 1.807) is 6.07 Å². The molecule has 3 amide bonds. The van der Waals surface area contributed by atoms with Gasteiger partial charge in [-0.15, -0.1) is 0 Å². The Kier molecular flexibility index (Phi) is 7.05. The van der Waals surface area contributed by atoms with Crippen molar-refractivity contribution in [2.75, 3.05) is 19.6 Å². The third-order valence-electron chi connectivity index (χ3n) is 7.58. The number of hydrogen-bond donors (Lipinski definition) is 2. The normalized spacial score (nSPS) is 22.3. The van der Waals surface area contributed by atoms with E-state index in [1.165, 1.54) is 10.5 Å². The van der Waals surface area contributed by atoms with Crippen molar-refractivity contribution in [1.29, 1.82) is 0 Å². The predicted molar refractivity (Wildman–Crippen MR) is 135 cm³/mol. The van der Waals surface area contributed by atoms with Crippen LogP contribution in [0.3, 0.4) is 0 Å². The van der Waals surface area contributed by atoms with Gasteiger partial charge in [-0.1, -0.05) is 40.2 Å². The van der Waals surface area contributed by atoms with Crippen LogP contribution in [0.4, 0.5) is 0 Å². The third kappa shape index (κ3) is 5.20. The van der Waals surface area contributed by atoms with Crippen molar-refractivity contribution in [3.05, 3.63) is 69.2 Å². The first-order valence-corrected chi connectivity index (χ1v) is 13.1. The molecule has 0 saturated carbocycles. The lowest BCUT2D eigenvalue weighted by atomic mass is 9.89. The molecule has 5 rings (SSSR count). The Labute approximate surface area is 213 Å². The summed E-state index contributed by atoms with van der Waals surface area (Å²) in [6.45, 7) is 3.19. The van der Waals surface area contributed by atoms with E-state index in [-0.39, 0.29) is 18.2 Å². The lowest BCUT2D eigenvalue weighted by Crippen LogP contribution is -2.52. The second-order valence-corrected chi connectivity index (χ2v) is 10.7. The molecular weight excluding hydrogens is 510 g/mol. The van der Waals surface area contributed by atoms with Gasteiger partial charge < -0.3 is 14.9 Å². The van der Waals surface area contributed by atoms with E-state index in [0.29, 0.717) is 30.9 Å². The molecule has 2 atom stereocenters. The molecule has 7 nitrogen and oxygen atoms in total. The Hall–Kier alpha value is -2.55. The number of imide groups is 1. The molecule has 2 aromatic carbocycles. The van der Waals surface area contributed by atoms with Crippen LogP contribution in [0.15, 0.2) is 46.9 Å². The molecule has 0 spiro atoms. The van der Waals surface area contributed by atoms with Gasteiger partial charge in [-0.05, 0) is 79.6 Å². The summed E-state index contributed by atoms with van der Waals surface area (Å²) >= 11 is 3.50. The molecule has 3 heterocycles. The number of nitrogens with zero attached hydrogens (tertiary/aromatic N) is 2. The van der Waals surface area contributed by atoms with Crippen molar-refractivity contribution in [1.82, 2.24) is 15.1 Å². The molecule has 0 bridgehead atoms. The number of amides is 3. The highest BCUT2D eigenvalue weighted by Crippen LogP contribution is 2.32. The van der Waals surface area contributed by atoms with Crippen molar-refractivity contribution in [3.63, 3.8) is 0 Å². The number of carbonyl (C=O) groups excluding carboxylic acids is 3. The highest BCUT2D eigenvalue weighted by Gasteiger charge is 2.39. The minimum Gasteiger partial charge on any atom is -0.388 e. The molecule has 2 fully saturated rings. The van der Waals surface area contributed by atoms with Gasteiger partial charge in [-0.3, -0.25) is 19.7 Å². The molecule has 0 aromatic heterocycles. The molecule has 35 heavy (non-hydrogen) atoms. The van der Waals surface area contributed by atoms with Crippen LogP contribution in [0.25, 0.3) is 0 Å². The van der Waals surface area contributed by atoms with E-state index in [9.17, 15) is 19.5 Å². The van der Waals surface area contributed by atoms with Crippen molar-refractivity contribution < 1.29 is 19.5 Å². The van der Waals surface area contributed by atoms with E-state index < -0.39 is 18.1 Å². The first-order valence-electron chi connectivity index (χ1n) is 12.3. The molecule has 3 aliphatic rings. The average Bonchev–Trinajstić information content (AvgIpc) is 3.19. The van der Waals surface area contributed by atoms with Gasteiger partial charge in [0.1, 0.15) is 6.04 Å². The fourth-order valence-electron chi connectivity index (χ4n) is 5.50. The standard InChI is InChI=1S/C27H30BrN3O4/c28-21-4-1-17(2-5-21)18-9-12-30(13-10-18)14-11-24(32)19-3-6-22-20(15-19)16-31(27(22)35)23-7-8-25(33)29-26(23)34/h1-6,15,18,23-24,32H,7-14,16H2,(H,29,33,34)/t23?,24-/m1/s1. The van der Waals surface area contributed by atoms with E-state index in [2.05, 4.69) is 50.4 Å². The molecule has 2 N–H and O–H groups in total. The Balaban J connectivity index is 1.15. The third-order valence-corrected chi connectivity index (χ3v) is 8.11. The number of halogens is 1. The monoisotopic (exact) mass is 539 g/mol. The Morgan fingerprint density at radius 3 is 2.49 bits per heavy atom. The number of aliphatic hydroxyl groups is 1. The SMILES string of the molecule is O=C1CCC(N2Cc3cc([C@H](O)CCN4CCC(c5ccc(Br)cc5)CC4)ccc3C2=O)C(=O)N1. The molecule has 2 aromatic rings. The minimum absolute atomic E-state index is 0.191. The highest BCUT2D eigenvalue weighted by molar-refractivity contribution is 9.10. The Morgan fingerprint density at radius 1 is 1.03 bits per heavy atom. The molecule has 0 aliphatic carbocycles. The number of rotatable bonds is 6. The maximum Gasteiger partial charge on any atom is 0.255 e. The van der Waals surface area contributed by atoms with Gasteiger partial charge >= 0.3 is 0 Å². The quantitative estimate of drug-likeness (QED) is 0.548. The number of nitrogens with one attached hydrogen (secondary N) is 1. The number of carbonyl (C=O) groups is 3. The summed E-state index contributed by atoms with van der Waals surface area (Å²) in [5, 5.41) is 13.2. The van der Waals surface area contributed by atoms with Gasteiger partial charge in [0.05, 0.1) is 6.10 Å². The van der Waals surface area contributed by atoms with E-state index in [1.807, 2.05) is 12.1 Å². The average molecular weight is 540 g/mol. The molecule has 8 heteroatoms. The second kappa shape index (κ2) is 10.2. The maximum absolute atomic E-state index is 12.9. The molecule has 184 valence electrons. The molecule has 3 aliphatic heterocycles. The van der Waals surface area contributed by atoms with Crippen LogP contribution in [0.2, 0.25) is 0 Å². The zero-order valence-corrected chi connectivity index (χ0v) is 21.2. The topological polar surface area (TPSA) is 90.0 Å². The first kappa shape index (κ1) is 24.2. The van der Waals surface area contributed by atoms with Crippen molar-refractivity contribution in [3.8, 4) is 0 Å². The zero-order chi connectivity index (χ0) is 24.5. The van der Waals surface area contributed by atoms with Crippen LogP contribution in [0, 0.1) is 0 Å². The summed E-state index contributed by atoms with van der Waals surface area (Å²) in [6, 6.07) is 13.5. The lowest BCUT2D eigenvalue weighted by Gasteiger charge is -2.32. The number of likely N-dealkylation sites (tertiary alicyclic amines) is 1. The van der Waals surface area contributed by atoms with Gasteiger partial charge in [0.15, 0.2) is 0 Å². The van der Waals surface area contributed by atoms with Crippen molar-refractivity contribution >= 4 is 33.7 Å². The fraction of sp³-hybridized carbons (Fsp3) is 0.444. The number of aliphatic hydroxyl groups excluding tert-OH is 1. The van der Waals surface area contributed by atoms with Gasteiger partial charge in [0, 0.05) is 29.5 Å². The van der Waals surface area contributed by atoms with Crippen LogP contribution >= 0.6 is 15.9 Å². The summed E-state index contributed by atoms with van der Waals surface area (Å²) in [5.74, 6) is -0.306. The number of piperidine rings is 2. The number of fused-ring (bicyclic) bond motifs is 1. The molecule has 1 unspecified atom stereocenters. The van der Waals surface area contributed by atoms with Crippen LogP contribution in [-0.4, -0.2) is 58.3 Å². The Bertz CT molecular complexity index is 1130. The second-order valence-electron chi connectivity index (χ2n) is 9.79. The number of benzene rings is 2. The van der Waals surface area contributed by atoms with Gasteiger partial charge in [-0.2, -0.15) is 0 Å².